The van der Waals surface area contributed by atoms with Gasteiger partial charge in [-0.25, -0.2) is 4.68 Å². The second-order valence-corrected chi connectivity index (χ2v) is 16.5. The molecule has 1 heterocycles. The molecule has 1 aromatic heterocycles. The van der Waals surface area contributed by atoms with Crippen LogP contribution in [0.25, 0.3) is 5.69 Å². The third kappa shape index (κ3) is 17.6. The molecule has 15 nitrogen and oxygen atoms in total. The second kappa shape index (κ2) is 23.7. The number of anilines is 2. The van der Waals surface area contributed by atoms with Gasteiger partial charge in [-0.15, -0.1) is 11.6 Å². The molecule has 0 aliphatic heterocycles. The molecule has 3 rings (SSSR count). The highest BCUT2D eigenvalue weighted by atomic mass is 35.5. The first kappa shape index (κ1) is 50.9. The van der Waals surface area contributed by atoms with E-state index in [0.29, 0.717) is 29.6 Å². The van der Waals surface area contributed by atoms with E-state index in [1.54, 1.807) is 12.0 Å². The molecule has 0 saturated heterocycles. The highest BCUT2D eigenvalue weighted by Gasteiger charge is 2.33. The first-order valence-corrected chi connectivity index (χ1v) is 20.8. The minimum atomic E-state index is -4.63. The molecule has 2 aromatic carbocycles. The number of carboxylic acid groups (broad SMARTS) is 1. The largest absolute Gasteiger partial charge is 0.778 e. The predicted octanol–water partition coefficient (Wildman–Crippen LogP) is 5.51. The van der Waals surface area contributed by atoms with Crippen LogP contribution in [-0.2, 0) is 42.4 Å². The Morgan fingerprint density at radius 2 is 1.76 bits per heavy atom. The van der Waals surface area contributed by atoms with E-state index in [9.17, 15) is 42.3 Å². The Balaban J connectivity index is 0.000000781. The molecule has 5 N–H and O–H groups in total. The summed E-state index contributed by atoms with van der Waals surface area (Å²) in [7, 11) is -2.07. The lowest BCUT2D eigenvalue weighted by Crippen LogP contribution is -2.43. The Kier molecular flexibility index (Phi) is 22.3. The van der Waals surface area contributed by atoms with Crippen molar-refractivity contribution in [1.82, 2.24) is 15.1 Å². The highest BCUT2D eigenvalue weighted by Crippen LogP contribution is 2.39. The number of para-hydroxylation sites is 1. The number of benzene rings is 2. The standard InChI is InChI=1S/C15H22ClNO2.C10H5Cl2F3N4O2.C3H8NO5P.C3H9S/c1-5-13-8-6-7-11(2)15(13)17(14(18)9-16)12(3)10-19-4;11-5-1-4(10(13,14)15)2-6(12)8(5)18-9(16)7(3-17-18)19(20)21;5-3(6)1-4-2-10(7,8)9;1-4(2)3/h6-8,12H,5,9-10H2,1-4H3;1-3H,16H2;4H,1-2H2,(H,5,6)(H2,7,8,9);1-3H3/q;;;+1/p-1. The average molecular weight is 870 g/mol. The molecule has 0 saturated carbocycles. The Morgan fingerprint density at radius 1 is 1.22 bits per heavy atom. The number of ether oxygens (including phenoxy) is 1. The van der Waals surface area contributed by atoms with Gasteiger partial charge in [0.1, 0.15) is 25.4 Å². The summed E-state index contributed by atoms with van der Waals surface area (Å²) in [5.74, 6) is -1.68. The molecule has 0 aliphatic carbocycles. The Morgan fingerprint density at radius 3 is 2.15 bits per heavy atom. The van der Waals surface area contributed by atoms with Crippen LogP contribution in [0.5, 0.6) is 0 Å². The topological polar surface area (TPSA) is 226 Å². The predicted molar refractivity (Wildman–Crippen MR) is 205 cm³/mol. The fourth-order valence-electron chi connectivity index (χ4n) is 4.22. The molecule has 3 aromatic rings. The van der Waals surface area contributed by atoms with Gasteiger partial charge in [-0.3, -0.25) is 25.0 Å². The summed E-state index contributed by atoms with van der Waals surface area (Å²) in [4.78, 5) is 51.6. The zero-order valence-corrected chi connectivity index (χ0v) is 34.3. The number of alkyl halides is 4. The highest BCUT2D eigenvalue weighted by molar-refractivity contribution is 7.94. The fourth-order valence-corrected chi connectivity index (χ4v) is 5.39. The van der Waals surface area contributed by atoms with Gasteiger partial charge in [-0.05, 0) is 54.4 Å². The summed E-state index contributed by atoms with van der Waals surface area (Å²) in [5.41, 5.74) is 6.99. The SMILES string of the molecule is CCc1cccc(C)c1N(C(=O)CCl)C(C)COC.C[S+](C)C.Nc1c([N+](=O)[O-])cnn1-c1c(Cl)cc(C(F)(F)F)cc1Cl.O=C(O)CNCP(=O)([O-])O. The molecular weight excluding hydrogens is 827 g/mol. The number of aryl methyl sites for hydroxylation is 2. The van der Waals surface area contributed by atoms with Gasteiger partial charge in [0.25, 0.3) is 0 Å². The number of nitrogens with one attached hydrogen (secondary N) is 1. The van der Waals surface area contributed by atoms with Crippen molar-refractivity contribution in [3.8, 4) is 5.69 Å². The Bertz CT molecular complexity index is 1720. The first-order chi connectivity index (χ1) is 24.8. The van der Waals surface area contributed by atoms with Crippen LogP contribution in [0.1, 0.15) is 30.5 Å². The van der Waals surface area contributed by atoms with E-state index in [1.165, 1.54) is 0 Å². The summed E-state index contributed by atoms with van der Waals surface area (Å²) in [5, 5.41) is 23.5. The number of hydrogen-bond donors (Lipinski definition) is 4. The minimum absolute atomic E-state index is 0.0223. The van der Waals surface area contributed by atoms with Crippen LogP contribution in [0.3, 0.4) is 0 Å². The van der Waals surface area contributed by atoms with E-state index in [1.807, 2.05) is 31.3 Å². The smallest absolute Gasteiger partial charge is 0.416 e. The molecule has 0 fully saturated rings. The molecule has 2 unspecified atom stereocenters. The number of hydrogen-bond acceptors (Lipinski definition) is 10. The number of nitro groups is 1. The van der Waals surface area contributed by atoms with Gasteiger partial charge in [0.15, 0.2) is 0 Å². The minimum Gasteiger partial charge on any atom is -0.778 e. The van der Waals surface area contributed by atoms with Crippen LogP contribution in [0.4, 0.5) is 30.4 Å². The number of carbonyl (C=O) groups excluding carboxylic acids is 1. The molecule has 1 amide bonds. The van der Waals surface area contributed by atoms with Crippen LogP contribution in [0, 0.1) is 17.0 Å². The summed E-state index contributed by atoms with van der Waals surface area (Å²) in [6.07, 6.45) is 2.97. The van der Waals surface area contributed by atoms with E-state index in [0.717, 1.165) is 34.1 Å². The van der Waals surface area contributed by atoms with E-state index in [-0.39, 0.29) is 33.6 Å². The summed E-state index contributed by atoms with van der Waals surface area (Å²) < 4.78 is 53.8. The molecule has 23 heteroatoms. The van der Waals surface area contributed by atoms with Crippen molar-refractivity contribution in [2.45, 2.75) is 39.4 Å². The third-order valence-corrected chi connectivity index (χ3v) is 7.73. The summed E-state index contributed by atoms with van der Waals surface area (Å²) in [6.45, 7) is 6.08. The molecule has 0 radical (unpaired) electrons. The second-order valence-electron chi connectivity index (χ2n) is 11.3. The maximum atomic E-state index is 12.6. The van der Waals surface area contributed by atoms with Crippen molar-refractivity contribution < 1.29 is 51.9 Å². The molecular formula is C31H43Cl3F3N6O9PS. The molecule has 0 aliphatic rings. The lowest BCUT2D eigenvalue weighted by Gasteiger charge is -2.31. The van der Waals surface area contributed by atoms with Crippen LogP contribution in [0.15, 0.2) is 36.5 Å². The number of nitrogens with zero attached hydrogens (tertiary/aromatic N) is 4. The van der Waals surface area contributed by atoms with Gasteiger partial charge in [0.05, 0.1) is 70.5 Å². The monoisotopic (exact) mass is 868 g/mol. The van der Waals surface area contributed by atoms with Gasteiger partial charge in [-0.2, -0.15) is 18.3 Å². The van der Waals surface area contributed by atoms with Crippen molar-refractivity contribution in [2.24, 2.45) is 0 Å². The van der Waals surface area contributed by atoms with Crippen molar-refractivity contribution in [2.75, 3.05) is 61.8 Å². The average Bonchev–Trinajstić information content (AvgIpc) is 3.41. The molecule has 2 atom stereocenters. The quantitative estimate of drug-likeness (QED) is 0.0581. The molecule has 0 spiro atoms. The number of rotatable bonds is 12. The lowest BCUT2D eigenvalue weighted by molar-refractivity contribution is -0.383. The molecule has 304 valence electrons. The zero-order chi connectivity index (χ0) is 42.1. The van der Waals surface area contributed by atoms with E-state index >= 15 is 0 Å². The maximum absolute atomic E-state index is 12.6. The van der Waals surface area contributed by atoms with Gasteiger partial charge in [0.2, 0.25) is 11.7 Å². The number of carbonyl (C=O) groups is 2. The lowest BCUT2D eigenvalue weighted by atomic mass is 10.0. The first-order valence-electron chi connectivity index (χ1n) is 15.3. The fraction of sp³-hybridized carbons (Fsp3) is 0.452. The number of nitrogens with two attached hydrogens (primary N) is 1. The molecule has 0 bridgehead atoms. The van der Waals surface area contributed by atoms with E-state index in [2.05, 4.69) is 36.9 Å². The van der Waals surface area contributed by atoms with Crippen molar-refractivity contribution in [1.29, 1.82) is 0 Å². The van der Waals surface area contributed by atoms with Crippen LogP contribution in [0.2, 0.25) is 10.0 Å². The van der Waals surface area contributed by atoms with Crippen molar-refractivity contribution >= 4 is 82.4 Å². The Hall–Kier alpha value is -3.13. The van der Waals surface area contributed by atoms with Crippen molar-refractivity contribution in [3.05, 3.63) is 73.4 Å². The number of halogens is 6. The van der Waals surface area contributed by atoms with Crippen LogP contribution in [-0.4, -0.2) is 93.8 Å². The Labute approximate surface area is 328 Å². The number of aliphatic carboxylic acids is 1. The number of nitrogen functional groups attached to an aromatic ring is 1. The van der Waals surface area contributed by atoms with Gasteiger partial charge >= 0.3 is 17.8 Å². The van der Waals surface area contributed by atoms with E-state index < -0.39 is 54.6 Å². The van der Waals surface area contributed by atoms with Gasteiger partial charge in [-0.1, -0.05) is 48.3 Å². The van der Waals surface area contributed by atoms with E-state index in [4.69, 9.17) is 55.3 Å². The number of carboxylic acids is 1. The summed E-state index contributed by atoms with van der Waals surface area (Å²) >= 11 is 17.3. The maximum Gasteiger partial charge on any atom is 0.416 e. The molecule has 54 heavy (non-hydrogen) atoms. The number of aromatic nitrogens is 2. The number of amides is 1. The third-order valence-electron chi connectivity index (χ3n) is 6.30. The van der Waals surface area contributed by atoms with Crippen LogP contribution >= 0.6 is 42.4 Å². The van der Waals surface area contributed by atoms with Crippen LogP contribution < -0.4 is 20.8 Å². The van der Waals surface area contributed by atoms with Gasteiger partial charge in [0, 0.05) is 7.11 Å². The van der Waals surface area contributed by atoms with Gasteiger partial charge < -0.3 is 34.8 Å². The summed E-state index contributed by atoms with van der Waals surface area (Å²) in [6, 6.07) is 7.31. The van der Waals surface area contributed by atoms with Crippen molar-refractivity contribution in [3.63, 3.8) is 0 Å². The normalized spacial score (nSPS) is 12.5. The number of methoxy groups -OCH3 is 1. The zero-order valence-electron chi connectivity index (χ0n) is 30.3.